The van der Waals surface area contributed by atoms with Crippen LogP contribution in [0.15, 0.2) is 91.0 Å². The van der Waals surface area contributed by atoms with Crippen LogP contribution in [0.2, 0.25) is 0 Å². The van der Waals surface area contributed by atoms with E-state index in [-0.39, 0.29) is 6.10 Å². The van der Waals surface area contributed by atoms with Gasteiger partial charge >= 0.3 is 12.1 Å². The summed E-state index contributed by atoms with van der Waals surface area (Å²) < 4.78 is 49.9. The minimum absolute atomic E-state index is 0.118. The second kappa shape index (κ2) is 14.7. The molecule has 6 nitrogen and oxygen atoms in total. The maximum absolute atomic E-state index is 10.6. The lowest BCUT2D eigenvalue weighted by molar-refractivity contribution is -0.192. The molecule has 5 rings (SSSR count). The Morgan fingerprint density at radius 1 is 0.952 bits per heavy atom. The van der Waals surface area contributed by atoms with E-state index in [1.165, 1.54) is 16.5 Å². The first-order valence-electron chi connectivity index (χ1n) is 13.7. The van der Waals surface area contributed by atoms with E-state index in [0.717, 1.165) is 48.4 Å². The van der Waals surface area contributed by atoms with E-state index >= 15 is 0 Å². The molecule has 4 aromatic carbocycles. The molecule has 0 radical (unpaired) electrons. The summed E-state index contributed by atoms with van der Waals surface area (Å²) in [5.41, 5.74) is 3.72. The van der Waals surface area contributed by atoms with Gasteiger partial charge in [0, 0.05) is 29.8 Å². The fourth-order valence-electron chi connectivity index (χ4n) is 4.96. The average molecular weight is 582 g/mol. The largest absolute Gasteiger partial charge is 0.496 e. The van der Waals surface area contributed by atoms with Gasteiger partial charge < -0.3 is 24.6 Å². The normalized spacial score (nSPS) is 16.8. The summed E-state index contributed by atoms with van der Waals surface area (Å²) in [5.74, 6) is -0.558. The first-order valence-corrected chi connectivity index (χ1v) is 13.7. The highest BCUT2D eigenvalue weighted by Crippen LogP contribution is 2.33. The number of nitrogens with one attached hydrogen (secondary N) is 1. The molecule has 1 saturated heterocycles. The third-order valence-corrected chi connectivity index (χ3v) is 7.10. The van der Waals surface area contributed by atoms with E-state index in [2.05, 4.69) is 59.9 Å². The summed E-state index contributed by atoms with van der Waals surface area (Å²) in [6.45, 7) is 3.07. The second-order valence-corrected chi connectivity index (χ2v) is 9.88. The maximum Gasteiger partial charge on any atom is 0.490 e. The zero-order chi connectivity index (χ0) is 30.0. The Morgan fingerprint density at radius 3 is 2.33 bits per heavy atom. The number of piperidine rings is 1. The number of carboxylic acids is 1. The number of hydrogen-bond acceptors (Lipinski definition) is 5. The number of ether oxygens (including phenoxy) is 3. The first-order chi connectivity index (χ1) is 20.3. The summed E-state index contributed by atoms with van der Waals surface area (Å²) in [6.07, 6.45) is -3.01. The number of hydrogen-bond donors (Lipinski definition) is 2. The van der Waals surface area contributed by atoms with Crippen molar-refractivity contribution in [2.45, 2.75) is 37.6 Å². The van der Waals surface area contributed by atoms with Gasteiger partial charge in [0.05, 0.1) is 26.4 Å². The maximum atomic E-state index is 10.6. The molecular weight excluding hydrogens is 547 g/mol. The van der Waals surface area contributed by atoms with Crippen molar-refractivity contribution in [1.82, 2.24) is 5.32 Å². The number of methoxy groups -OCH3 is 1. The number of fused-ring (bicyclic) bond motifs is 1. The van der Waals surface area contributed by atoms with Crippen LogP contribution in [0.4, 0.5) is 13.2 Å². The summed E-state index contributed by atoms with van der Waals surface area (Å²) in [6, 6.07) is 31.6. The van der Waals surface area contributed by atoms with Gasteiger partial charge in [-0.2, -0.15) is 13.2 Å². The number of alkyl halides is 3. The van der Waals surface area contributed by atoms with Crippen LogP contribution in [0.5, 0.6) is 11.5 Å². The zero-order valence-electron chi connectivity index (χ0n) is 23.3. The van der Waals surface area contributed by atoms with Crippen LogP contribution in [-0.4, -0.2) is 50.2 Å². The molecule has 2 unspecified atom stereocenters. The number of aliphatic carboxylic acids is 1. The van der Waals surface area contributed by atoms with Crippen molar-refractivity contribution in [3.63, 3.8) is 0 Å². The highest BCUT2D eigenvalue weighted by atomic mass is 19.4. The SMILES string of the molecule is COc1c(COC2CNCCC2c2ccc(CCOc3ccccc3)cc2)ccc2ccccc12.O=C(O)C(F)(F)F. The van der Waals surface area contributed by atoms with E-state index in [0.29, 0.717) is 19.1 Å². The van der Waals surface area contributed by atoms with Crippen molar-refractivity contribution in [2.24, 2.45) is 0 Å². The van der Waals surface area contributed by atoms with Gasteiger partial charge in [-0.1, -0.05) is 78.9 Å². The third-order valence-electron chi connectivity index (χ3n) is 7.10. The molecule has 9 heteroatoms. The number of rotatable bonds is 9. The molecule has 1 fully saturated rings. The van der Waals surface area contributed by atoms with Gasteiger partial charge in [-0.15, -0.1) is 0 Å². The highest BCUT2D eigenvalue weighted by molar-refractivity contribution is 5.89. The van der Waals surface area contributed by atoms with Crippen LogP contribution in [0.3, 0.4) is 0 Å². The Kier molecular flexibility index (Phi) is 10.8. The van der Waals surface area contributed by atoms with Gasteiger partial charge in [-0.25, -0.2) is 4.79 Å². The van der Waals surface area contributed by atoms with E-state index in [1.807, 2.05) is 36.4 Å². The highest BCUT2D eigenvalue weighted by Gasteiger charge is 2.38. The first kappa shape index (κ1) is 30.9. The molecule has 222 valence electrons. The van der Waals surface area contributed by atoms with Crippen molar-refractivity contribution in [2.75, 3.05) is 26.8 Å². The van der Waals surface area contributed by atoms with Gasteiger partial charge in [-0.3, -0.25) is 0 Å². The van der Waals surface area contributed by atoms with Crippen LogP contribution < -0.4 is 14.8 Å². The minimum Gasteiger partial charge on any atom is -0.496 e. The Balaban J connectivity index is 0.000000517. The van der Waals surface area contributed by atoms with Crippen molar-refractivity contribution < 1.29 is 37.3 Å². The fourth-order valence-corrected chi connectivity index (χ4v) is 4.96. The Morgan fingerprint density at radius 2 is 1.64 bits per heavy atom. The summed E-state index contributed by atoms with van der Waals surface area (Å²) in [7, 11) is 1.74. The molecule has 2 N–H and O–H groups in total. The smallest absolute Gasteiger partial charge is 0.490 e. The third kappa shape index (κ3) is 8.47. The van der Waals surface area contributed by atoms with Crippen LogP contribution in [-0.2, 0) is 22.6 Å². The van der Waals surface area contributed by atoms with Crippen molar-refractivity contribution in [3.8, 4) is 11.5 Å². The molecule has 4 aromatic rings. The topological polar surface area (TPSA) is 77.0 Å². The summed E-state index contributed by atoms with van der Waals surface area (Å²) in [4.78, 5) is 8.90. The van der Waals surface area contributed by atoms with Gasteiger partial charge in [0.2, 0.25) is 0 Å². The number of halogens is 3. The van der Waals surface area contributed by atoms with Gasteiger partial charge in [-0.05, 0) is 41.6 Å². The lowest BCUT2D eigenvalue weighted by atomic mass is 9.87. The molecule has 0 saturated carbocycles. The molecular formula is C33H34F3NO5. The minimum atomic E-state index is -5.08. The van der Waals surface area contributed by atoms with Crippen molar-refractivity contribution >= 4 is 16.7 Å². The molecule has 2 atom stereocenters. The molecule has 0 aliphatic carbocycles. The Hall–Kier alpha value is -4.08. The van der Waals surface area contributed by atoms with Gasteiger partial charge in [0.15, 0.2) is 0 Å². The molecule has 0 spiro atoms. The zero-order valence-corrected chi connectivity index (χ0v) is 23.3. The average Bonchev–Trinajstić information content (AvgIpc) is 3.00. The van der Waals surface area contributed by atoms with E-state index in [9.17, 15) is 13.2 Å². The molecule has 42 heavy (non-hydrogen) atoms. The Labute approximate surface area is 243 Å². The van der Waals surface area contributed by atoms with E-state index in [1.54, 1.807) is 7.11 Å². The monoisotopic (exact) mass is 581 g/mol. The van der Waals surface area contributed by atoms with Gasteiger partial charge in [0.25, 0.3) is 0 Å². The van der Waals surface area contributed by atoms with Crippen molar-refractivity contribution in [3.05, 3.63) is 108 Å². The van der Waals surface area contributed by atoms with E-state index in [4.69, 9.17) is 24.1 Å². The number of carboxylic acid groups (broad SMARTS) is 1. The van der Waals surface area contributed by atoms with E-state index < -0.39 is 12.1 Å². The molecule has 0 amide bonds. The Bertz CT molecular complexity index is 1430. The van der Waals surface area contributed by atoms with Crippen LogP contribution >= 0.6 is 0 Å². The fraction of sp³-hybridized carbons (Fsp3) is 0.303. The molecule has 0 aromatic heterocycles. The molecule has 1 aliphatic heterocycles. The van der Waals surface area contributed by atoms with Crippen molar-refractivity contribution in [1.29, 1.82) is 0 Å². The number of benzene rings is 4. The lowest BCUT2D eigenvalue weighted by Gasteiger charge is -2.33. The predicted octanol–water partition coefficient (Wildman–Crippen LogP) is 6.77. The number of carbonyl (C=O) groups is 1. The van der Waals surface area contributed by atoms with Crippen LogP contribution in [0.1, 0.15) is 29.0 Å². The number of para-hydroxylation sites is 1. The second-order valence-electron chi connectivity index (χ2n) is 9.88. The predicted molar refractivity (Wildman–Crippen MR) is 155 cm³/mol. The van der Waals surface area contributed by atoms with Crippen LogP contribution in [0, 0.1) is 0 Å². The standard InChI is InChI=1S/C31H33NO3.C2HF3O2/c1-33-31-26(16-15-24-7-5-6-10-29(24)31)22-35-30-21-32-19-17-28(30)25-13-11-23(12-14-25)18-20-34-27-8-3-2-4-9-27;3-2(4,5)1(6)7/h2-16,28,30,32H,17-22H2,1H3;(H,6,7). The van der Waals surface area contributed by atoms with Gasteiger partial charge in [0.1, 0.15) is 11.5 Å². The molecule has 0 bridgehead atoms. The summed E-state index contributed by atoms with van der Waals surface area (Å²) >= 11 is 0. The van der Waals surface area contributed by atoms with Crippen LogP contribution in [0.25, 0.3) is 10.8 Å². The molecule has 1 heterocycles. The molecule has 1 aliphatic rings. The quantitative estimate of drug-likeness (QED) is 0.227. The summed E-state index contributed by atoms with van der Waals surface area (Å²) in [5, 5.41) is 12.9. The lowest BCUT2D eigenvalue weighted by Crippen LogP contribution is -2.41.